The molecule has 1 aromatic rings. The Morgan fingerprint density at radius 2 is 2.22 bits per heavy atom. The molecule has 2 rings (SSSR count). The third-order valence-corrected chi connectivity index (χ3v) is 4.65. The highest BCUT2D eigenvalue weighted by molar-refractivity contribution is 7.89. The monoisotopic (exact) mass is 275 g/mol. The standard InChI is InChI=1S/C11H17NO5S/c1-16-7-6-12(9-2-3-9)18(14,15)11-5-4-10(8-13)17-11/h4-5,9,13H,2-3,6-8H2,1H3. The zero-order valence-electron chi connectivity index (χ0n) is 10.2. The lowest BCUT2D eigenvalue weighted by molar-refractivity contribution is 0.176. The van der Waals surface area contributed by atoms with Crippen LogP contribution < -0.4 is 0 Å². The number of aliphatic hydroxyl groups is 1. The molecule has 0 spiro atoms. The van der Waals surface area contributed by atoms with Crippen LogP contribution in [0.2, 0.25) is 0 Å². The summed E-state index contributed by atoms with van der Waals surface area (Å²) < 4.78 is 36.1. The number of nitrogens with zero attached hydrogens (tertiary/aromatic N) is 1. The second-order valence-corrected chi connectivity index (χ2v) is 6.04. The predicted molar refractivity (Wildman–Crippen MR) is 63.4 cm³/mol. The van der Waals surface area contributed by atoms with Gasteiger partial charge < -0.3 is 14.3 Å². The van der Waals surface area contributed by atoms with Gasteiger partial charge in [0.1, 0.15) is 12.4 Å². The molecule has 102 valence electrons. The molecule has 0 amide bonds. The smallest absolute Gasteiger partial charge is 0.276 e. The number of sulfonamides is 1. The first kappa shape index (κ1) is 13.5. The molecule has 1 fully saturated rings. The van der Waals surface area contributed by atoms with Gasteiger partial charge in [-0.2, -0.15) is 4.31 Å². The van der Waals surface area contributed by atoms with Crippen molar-refractivity contribution in [3.05, 3.63) is 17.9 Å². The Hall–Kier alpha value is -0.890. The summed E-state index contributed by atoms with van der Waals surface area (Å²) in [4.78, 5) is 0. The summed E-state index contributed by atoms with van der Waals surface area (Å²) in [6.45, 7) is 0.360. The highest BCUT2D eigenvalue weighted by Gasteiger charge is 2.39. The molecular weight excluding hydrogens is 258 g/mol. The first-order valence-corrected chi connectivity index (χ1v) is 7.24. The summed E-state index contributed by atoms with van der Waals surface area (Å²) in [5, 5.41) is 8.78. The number of aliphatic hydroxyl groups excluding tert-OH is 1. The van der Waals surface area contributed by atoms with Crippen molar-refractivity contribution < 1.29 is 22.7 Å². The van der Waals surface area contributed by atoms with E-state index in [2.05, 4.69) is 0 Å². The van der Waals surface area contributed by atoms with Crippen molar-refractivity contribution in [1.29, 1.82) is 0 Å². The summed E-state index contributed by atoms with van der Waals surface area (Å²) in [6.07, 6.45) is 1.74. The van der Waals surface area contributed by atoms with Crippen molar-refractivity contribution in [2.24, 2.45) is 0 Å². The third kappa shape index (κ3) is 2.74. The van der Waals surface area contributed by atoms with Gasteiger partial charge >= 0.3 is 0 Å². The lowest BCUT2D eigenvalue weighted by Crippen LogP contribution is -2.35. The van der Waals surface area contributed by atoms with Crippen molar-refractivity contribution in [2.45, 2.75) is 30.6 Å². The number of methoxy groups -OCH3 is 1. The molecule has 1 heterocycles. The molecule has 18 heavy (non-hydrogen) atoms. The SMILES string of the molecule is COCCN(C1CC1)S(=O)(=O)c1ccc(CO)o1. The summed E-state index contributed by atoms with van der Waals surface area (Å²) in [5.74, 6) is 0.246. The van der Waals surface area contributed by atoms with E-state index in [1.54, 1.807) is 0 Å². The van der Waals surface area contributed by atoms with Crippen LogP contribution in [-0.4, -0.2) is 44.1 Å². The highest BCUT2D eigenvalue weighted by atomic mass is 32.2. The fourth-order valence-corrected chi connectivity index (χ4v) is 3.34. The molecule has 0 radical (unpaired) electrons. The summed E-state index contributed by atoms with van der Waals surface area (Å²) >= 11 is 0. The average Bonchev–Trinajstić information content (AvgIpc) is 3.05. The van der Waals surface area contributed by atoms with E-state index in [9.17, 15) is 8.42 Å². The van der Waals surface area contributed by atoms with E-state index in [0.717, 1.165) is 12.8 Å². The van der Waals surface area contributed by atoms with E-state index in [0.29, 0.717) is 13.2 Å². The Morgan fingerprint density at radius 3 is 2.72 bits per heavy atom. The molecular formula is C11H17NO5S. The second kappa shape index (κ2) is 5.40. The van der Waals surface area contributed by atoms with E-state index >= 15 is 0 Å². The van der Waals surface area contributed by atoms with Crippen molar-refractivity contribution in [3.8, 4) is 0 Å². The van der Waals surface area contributed by atoms with E-state index < -0.39 is 10.0 Å². The van der Waals surface area contributed by atoms with Crippen molar-refractivity contribution in [1.82, 2.24) is 4.31 Å². The Kier molecular flexibility index (Phi) is 4.06. The van der Waals surface area contributed by atoms with Crippen LogP contribution in [0.4, 0.5) is 0 Å². The fourth-order valence-electron chi connectivity index (χ4n) is 1.74. The minimum absolute atomic E-state index is 0.0489. The van der Waals surface area contributed by atoms with Crippen molar-refractivity contribution >= 4 is 10.0 Å². The van der Waals surface area contributed by atoms with Crippen LogP contribution in [0, 0.1) is 0 Å². The Labute approximate surface area is 106 Å². The minimum atomic E-state index is -3.62. The predicted octanol–water partition coefficient (Wildman–Crippen LogP) is 0.571. The molecule has 1 aromatic heterocycles. The van der Waals surface area contributed by atoms with E-state index in [1.807, 2.05) is 0 Å². The van der Waals surface area contributed by atoms with E-state index in [1.165, 1.54) is 23.5 Å². The van der Waals surface area contributed by atoms with E-state index in [4.69, 9.17) is 14.3 Å². The molecule has 0 atom stereocenters. The number of furan rings is 1. The molecule has 1 N–H and O–H groups in total. The first-order valence-electron chi connectivity index (χ1n) is 5.80. The molecule has 1 saturated carbocycles. The number of hydrogen-bond donors (Lipinski definition) is 1. The number of hydrogen-bond acceptors (Lipinski definition) is 5. The Balaban J connectivity index is 2.21. The molecule has 1 aliphatic rings. The average molecular weight is 275 g/mol. The molecule has 0 aromatic carbocycles. The Bertz CT molecular complexity index is 491. The van der Waals surface area contributed by atoms with Crippen LogP contribution >= 0.6 is 0 Å². The van der Waals surface area contributed by atoms with E-state index in [-0.39, 0.29) is 23.5 Å². The maximum atomic E-state index is 12.3. The summed E-state index contributed by atoms with van der Waals surface area (Å²) in [5.41, 5.74) is 0. The van der Waals surface area contributed by atoms with Crippen LogP contribution in [0.5, 0.6) is 0 Å². The second-order valence-electron chi connectivity index (χ2n) is 4.22. The molecule has 0 aliphatic heterocycles. The van der Waals surface area contributed by atoms with Crippen LogP contribution in [0.15, 0.2) is 21.6 Å². The number of ether oxygens (including phenoxy) is 1. The van der Waals surface area contributed by atoms with Gasteiger partial charge in [0.15, 0.2) is 0 Å². The normalized spacial score (nSPS) is 16.4. The maximum absolute atomic E-state index is 12.3. The lowest BCUT2D eigenvalue weighted by Gasteiger charge is -2.19. The Morgan fingerprint density at radius 1 is 1.50 bits per heavy atom. The maximum Gasteiger partial charge on any atom is 0.276 e. The van der Waals surface area contributed by atoms with Gasteiger partial charge in [0.25, 0.3) is 10.0 Å². The topological polar surface area (TPSA) is 80.0 Å². The van der Waals surface area contributed by atoms with Gasteiger partial charge in [0, 0.05) is 19.7 Å². The molecule has 6 nitrogen and oxygen atoms in total. The van der Waals surface area contributed by atoms with Crippen molar-refractivity contribution in [3.63, 3.8) is 0 Å². The molecule has 0 bridgehead atoms. The quantitative estimate of drug-likeness (QED) is 0.787. The van der Waals surface area contributed by atoms with Gasteiger partial charge in [-0.25, -0.2) is 8.42 Å². The highest BCUT2D eigenvalue weighted by Crippen LogP contribution is 2.32. The van der Waals surface area contributed by atoms with Gasteiger partial charge in [0.05, 0.1) is 6.61 Å². The lowest BCUT2D eigenvalue weighted by atomic mass is 10.5. The fraction of sp³-hybridized carbons (Fsp3) is 0.636. The van der Waals surface area contributed by atoms with Gasteiger partial charge in [-0.15, -0.1) is 0 Å². The summed E-state index contributed by atoms with van der Waals surface area (Å²) in [6, 6.07) is 2.89. The van der Waals surface area contributed by atoms with Gasteiger partial charge in [-0.3, -0.25) is 0 Å². The first-order chi connectivity index (χ1) is 8.59. The molecule has 0 unspecified atom stereocenters. The van der Waals surface area contributed by atoms with Gasteiger partial charge in [0.2, 0.25) is 5.09 Å². The van der Waals surface area contributed by atoms with Crippen LogP contribution in [-0.2, 0) is 21.4 Å². The summed E-state index contributed by atoms with van der Waals surface area (Å²) in [7, 11) is -2.09. The van der Waals surface area contributed by atoms with Crippen LogP contribution in [0.3, 0.4) is 0 Å². The zero-order valence-corrected chi connectivity index (χ0v) is 11.0. The van der Waals surface area contributed by atoms with Crippen molar-refractivity contribution in [2.75, 3.05) is 20.3 Å². The largest absolute Gasteiger partial charge is 0.446 e. The minimum Gasteiger partial charge on any atom is -0.446 e. The zero-order chi connectivity index (χ0) is 13.2. The van der Waals surface area contributed by atoms with Gasteiger partial charge in [-0.05, 0) is 25.0 Å². The molecule has 1 aliphatic carbocycles. The molecule has 0 saturated heterocycles. The number of rotatable bonds is 7. The molecule has 7 heteroatoms. The van der Waals surface area contributed by atoms with Crippen LogP contribution in [0.25, 0.3) is 0 Å². The van der Waals surface area contributed by atoms with Crippen LogP contribution in [0.1, 0.15) is 18.6 Å². The van der Waals surface area contributed by atoms with Gasteiger partial charge in [-0.1, -0.05) is 0 Å². The third-order valence-electron chi connectivity index (χ3n) is 2.83.